The van der Waals surface area contributed by atoms with E-state index in [-0.39, 0.29) is 1.43 Å². The van der Waals surface area contributed by atoms with Crippen LogP contribution in [0.5, 0.6) is 0 Å². The number of rotatable bonds is 0. The summed E-state index contributed by atoms with van der Waals surface area (Å²) in [4.78, 5) is 6.75. The molecule has 0 fully saturated rings. The second-order valence-electron chi connectivity index (χ2n) is 1.67. The predicted molar refractivity (Wildman–Crippen MR) is 34.6 cm³/mol. The Kier molecular flexibility index (Phi) is 3.63. The van der Waals surface area contributed by atoms with E-state index in [1.807, 2.05) is 6.92 Å². The van der Waals surface area contributed by atoms with Crippen molar-refractivity contribution >= 4 is 7.25 Å². The van der Waals surface area contributed by atoms with Crippen molar-refractivity contribution in [2.45, 2.75) is 6.92 Å². The summed E-state index contributed by atoms with van der Waals surface area (Å²) in [6, 6.07) is 0. The molecule has 0 bridgehead atoms. The third-order valence-electron chi connectivity index (χ3n) is 0.635. The number of nitrogens with zero attached hydrogens (tertiary/aromatic N) is 1. The van der Waals surface area contributed by atoms with Gasteiger partial charge >= 0.3 is 8.68 Å². The molecular weight excluding hydrogens is 163 g/mol. The molecule has 0 amide bonds. The number of halogens is 4. The number of hydrogen-bond donors (Lipinski definition) is 1. The van der Waals surface area contributed by atoms with Crippen LogP contribution in [0.4, 0.5) is 17.3 Å². The van der Waals surface area contributed by atoms with E-state index in [0.717, 1.165) is 5.82 Å². The molecule has 0 atom stereocenters. The number of imidazole rings is 1. The number of aryl methyl sites for hydroxylation is 1. The van der Waals surface area contributed by atoms with Gasteiger partial charge in [0.25, 0.3) is 0 Å². The largest absolute Gasteiger partial charge is 1.00 e. The van der Waals surface area contributed by atoms with Crippen molar-refractivity contribution in [1.82, 2.24) is 9.97 Å². The highest BCUT2D eigenvalue weighted by Crippen LogP contribution is 2.06. The van der Waals surface area contributed by atoms with E-state index in [2.05, 4.69) is 9.97 Å². The first-order valence-corrected chi connectivity index (χ1v) is 2.73. The molecule has 1 rings (SSSR count). The van der Waals surface area contributed by atoms with Crippen LogP contribution in [0.3, 0.4) is 0 Å². The van der Waals surface area contributed by atoms with E-state index in [1.165, 1.54) is 0 Å². The summed E-state index contributed by atoms with van der Waals surface area (Å²) in [6.45, 7) is 1.92. The van der Waals surface area contributed by atoms with Gasteiger partial charge in [0.15, 0.2) is 0 Å². The van der Waals surface area contributed by atoms with Gasteiger partial charge < -0.3 is 22.2 Å². The number of nitrogens with one attached hydrogen (secondary N) is 1. The zero-order chi connectivity index (χ0) is 8.91. The maximum atomic E-state index is 9.75. The summed E-state index contributed by atoms with van der Waals surface area (Å²) in [5.41, 5.74) is 0. The maximum Gasteiger partial charge on any atom is 1.00 e. The van der Waals surface area contributed by atoms with Crippen molar-refractivity contribution in [3.05, 3.63) is 18.2 Å². The molecule has 0 unspecified atom stereocenters. The molecule has 0 spiro atoms. The van der Waals surface area contributed by atoms with Crippen LogP contribution in [-0.4, -0.2) is 17.2 Å². The Balaban J connectivity index is 0. The summed E-state index contributed by atoms with van der Waals surface area (Å²) in [6.07, 6.45) is 3.53. The molecule has 7 heteroatoms. The standard InChI is InChI=1S/C4H6N2.BF4/c1-4-5-2-3-6-4;2-1(3,4)5/h2-3H,1H3,(H,5,6);/q;-1/p+1. The molecule has 2 nitrogen and oxygen atoms in total. The third-order valence-corrected chi connectivity index (χ3v) is 0.635. The van der Waals surface area contributed by atoms with E-state index < -0.39 is 7.25 Å². The molecule has 11 heavy (non-hydrogen) atoms. The Hall–Kier alpha value is -1.01. The maximum absolute atomic E-state index is 9.75. The van der Waals surface area contributed by atoms with Crippen molar-refractivity contribution in [2.75, 3.05) is 0 Å². The molecule has 0 aromatic carbocycles. The van der Waals surface area contributed by atoms with Gasteiger partial charge in [0, 0.05) is 12.4 Å². The Bertz CT molecular complexity index is 181. The van der Waals surface area contributed by atoms with Crippen LogP contribution in [0, 0.1) is 6.92 Å². The van der Waals surface area contributed by atoms with Crippen LogP contribution in [0.25, 0.3) is 0 Å². The van der Waals surface area contributed by atoms with Crippen molar-refractivity contribution in [1.29, 1.82) is 0 Å². The Morgan fingerprint density at radius 3 is 2.00 bits per heavy atom. The average molecular weight is 170 g/mol. The van der Waals surface area contributed by atoms with Crippen molar-refractivity contribution < 1.29 is 18.7 Å². The minimum absolute atomic E-state index is 0. The third kappa shape index (κ3) is 12.2. The van der Waals surface area contributed by atoms with Crippen LogP contribution in [0.15, 0.2) is 12.4 Å². The lowest BCUT2D eigenvalue weighted by atomic mass is 10.3. The smallest absolute Gasteiger partial charge is 0.418 e. The molecule has 1 aromatic heterocycles. The molecule has 0 radical (unpaired) electrons. The van der Waals surface area contributed by atoms with Gasteiger partial charge in [-0.15, -0.1) is 0 Å². The summed E-state index contributed by atoms with van der Waals surface area (Å²) in [5, 5.41) is 0. The number of H-pyrrole nitrogens is 1. The van der Waals surface area contributed by atoms with Crippen molar-refractivity contribution in [3.8, 4) is 0 Å². The van der Waals surface area contributed by atoms with Gasteiger partial charge in [-0.3, -0.25) is 0 Å². The topological polar surface area (TPSA) is 28.7 Å². The number of aromatic amines is 1. The van der Waals surface area contributed by atoms with Gasteiger partial charge in [0.1, 0.15) is 5.82 Å². The van der Waals surface area contributed by atoms with Crippen LogP contribution in [-0.2, 0) is 0 Å². The average Bonchev–Trinajstić information content (AvgIpc) is 2.12. The van der Waals surface area contributed by atoms with E-state index >= 15 is 0 Å². The van der Waals surface area contributed by atoms with Gasteiger partial charge in [-0.1, -0.05) is 0 Å². The Labute approximate surface area is 62.2 Å². The predicted octanol–water partition coefficient (Wildman–Crippen LogP) is 2.13. The van der Waals surface area contributed by atoms with E-state index in [0.29, 0.717) is 0 Å². The first-order chi connectivity index (χ1) is 4.89. The van der Waals surface area contributed by atoms with Crippen LogP contribution < -0.4 is 0 Å². The molecule has 0 aliphatic rings. The van der Waals surface area contributed by atoms with Gasteiger partial charge in [-0.2, -0.15) is 0 Å². The fourth-order valence-electron chi connectivity index (χ4n) is 0.344. The van der Waals surface area contributed by atoms with Crippen LogP contribution >= 0.6 is 0 Å². The van der Waals surface area contributed by atoms with Gasteiger partial charge in [-0.05, 0) is 6.92 Å². The minimum atomic E-state index is -6.00. The van der Waals surface area contributed by atoms with Crippen LogP contribution in [0.1, 0.15) is 7.25 Å². The zero-order valence-corrected chi connectivity index (χ0v) is 5.69. The van der Waals surface area contributed by atoms with E-state index in [4.69, 9.17) is 0 Å². The second-order valence-corrected chi connectivity index (χ2v) is 1.67. The summed E-state index contributed by atoms with van der Waals surface area (Å²) in [7, 11) is -6.00. The lowest BCUT2D eigenvalue weighted by Crippen LogP contribution is -2.02. The van der Waals surface area contributed by atoms with E-state index in [9.17, 15) is 17.3 Å². The molecule has 0 saturated carbocycles. The van der Waals surface area contributed by atoms with Gasteiger partial charge in [0.2, 0.25) is 0 Å². The first-order valence-electron chi connectivity index (χ1n) is 2.73. The highest BCUT2D eigenvalue weighted by Gasteiger charge is 2.20. The SMILES string of the molecule is Cc1ncc[nH]1.F[B-](F)(F)F.[H+]. The lowest BCUT2D eigenvalue weighted by molar-refractivity contribution is 0.368. The highest BCUT2D eigenvalue weighted by molar-refractivity contribution is 6.50. The fourth-order valence-corrected chi connectivity index (χ4v) is 0.344. The molecule has 0 saturated heterocycles. The van der Waals surface area contributed by atoms with Crippen molar-refractivity contribution in [2.24, 2.45) is 0 Å². The summed E-state index contributed by atoms with van der Waals surface area (Å²) in [5.74, 6) is 0.968. The summed E-state index contributed by atoms with van der Waals surface area (Å²) >= 11 is 0. The zero-order valence-electron chi connectivity index (χ0n) is 6.69. The molecule has 1 aromatic rings. The summed E-state index contributed by atoms with van der Waals surface area (Å²) < 4.78 is 39.0. The van der Waals surface area contributed by atoms with Gasteiger partial charge in [0.05, 0.1) is 0 Å². The lowest BCUT2D eigenvalue weighted by Gasteiger charge is -1.94. The van der Waals surface area contributed by atoms with Gasteiger partial charge in [-0.25, -0.2) is 4.98 Å². The molecule has 0 aliphatic carbocycles. The Morgan fingerprint density at radius 2 is 1.91 bits per heavy atom. The number of aromatic nitrogens is 2. The monoisotopic (exact) mass is 170 g/mol. The van der Waals surface area contributed by atoms with Crippen molar-refractivity contribution in [3.63, 3.8) is 0 Å². The highest BCUT2D eigenvalue weighted by atomic mass is 19.5. The fraction of sp³-hybridized carbons (Fsp3) is 0.250. The van der Waals surface area contributed by atoms with E-state index in [1.54, 1.807) is 12.4 Å². The molecule has 1 heterocycles. The second kappa shape index (κ2) is 4.00. The molecule has 0 aliphatic heterocycles. The number of hydrogen-bond acceptors (Lipinski definition) is 1. The van der Waals surface area contributed by atoms with Crippen LogP contribution in [0.2, 0.25) is 0 Å². The molecule has 64 valence electrons. The Morgan fingerprint density at radius 1 is 1.45 bits per heavy atom. The molecule has 1 N–H and O–H groups in total. The minimum Gasteiger partial charge on any atom is -0.418 e. The first kappa shape index (κ1) is 9.99. The quantitative estimate of drug-likeness (QED) is 0.468. The normalized spacial score (nSPS) is 10.3. The molecular formula is C4H7BF4N2.